The fourth-order valence-corrected chi connectivity index (χ4v) is 4.17. The quantitative estimate of drug-likeness (QED) is 0.876. The minimum absolute atomic E-state index is 0.227. The van der Waals surface area contributed by atoms with Crippen molar-refractivity contribution in [3.8, 4) is 0 Å². The van der Waals surface area contributed by atoms with Crippen molar-refractivity contribution >= 4 is 17.5 Å². The van der Waals surface area contributed by atoms with Crippen LogP contribution in [0.3, 0.4) is 0 Å². The fraction of sp³-hybridized carbons (Fsp3) is 0.476. The van der Waals surface area contributed by atoms with E-state index in [1.807, 2.05) is 11.0 Å². The maximum absolute atomic E-state index is 13.1. The van der Waals surface area contributed by atoms with Crippen molar-refractivity contribution in [1.29, 1.82) is 0 Å². The Hall–Kier alpha value is -2.50. The second-order valence-electron chi connectivity index (χ2n) is 7.54. The minimum atomic E-state index is -0.274. The van der Waals surface area contributed by atoms with Crippen LogP contribution in [-0.2, 0) is 4.79 Å². The van der Waals surface area contributed by atoms with Crippen molar-refractivity contribution < 1.29 is 9.18 Å². The molecule has 1 saturated carbocycles. The van der Waals surface area contributed by atoms with E-state index in [0.29, 0.717) is 11.9 Å². The monoisotopic (exact) mass is 368 g/mol. The Balaban J connectivity index is 1.44. The van der Waals surface area contributed by atoms with Gasteiger partial charge in [0.05, 0.1) is 5.69 Å². The normalized spacial score (nSPS) is 20.6. The van der Waals surface area contributed by atoms with E-state index < -0.39 is 0 Å². The van der Waals surface area contributed by atoms with Crippen molar-refractivity contribution in [2.24, 2.45) is 5.92 Å². The van der Waals surface area contributed by atoms with Gasteiger partial charge in [0.2, 0.25) is 11.9 Å². The van der Waals surface area contributed by atoms with Crippen LogP contribution in [0.1, 0.15) is 50.1 Å². The van der Waals surface area contributed by atoms with Gasteiger partial charge in [-0.2, -0.15) is 0 Å². The highest BCUT2D eigenvalue weighted by Gasteiger charge is 2.31. The van der Waals surface area contributed by atoms with E-state index in [0.717, 1.165) is 50.2 Å². The van der Waals surface area contributed by atoms with Gasteiger partial charge in [0.15, 0.2) is 0 Å². The third kappa shape index (κ3) is 4.26. The molecule has 0 radical (unpaired) electrons. The van der Waals surface area contributed by atoms with Crippen LogP contribution in [0.15, 0.2) is 36.5 Å². The van der Waals surface area contributed by atoms with Gasteiger partial charge in [-0.3, -0.25) is 4.79 Å². The standard InChI is InChI=1S/C21H25FN4O/c22-17-7-9-18(10-8-17)24-21-23-12-11-19(25-21)16-6-3-13-26(14-16)20(27)15-4-1-2-5-15/h7-12,15-16H,1-6,13-14H2,(H,23,24,25). The summed E-state index contributed by atoms with van der Waals surface area (Å²) in [4.78, 5) is 23.7. The average molecular weight is 368 g/mol. The Kier molecular flexibility index (Phi) is 5.32. The largest absolute Gasteiger partial charge is 0.342 e. The highest BCUT2D eigenvalue weighted by Crippen LogP contribution is 2.31. The maximum Gasteiger partial charge on any atom is 0.227 e. The molecule has 1 amide bonds. The summed E-state index contributed by atoms with van der Waals surface area (Å²) in [7, 11) is 0. The van der Waals surface area contributed by atoms with Crippen LogP contribution in [0.5, 0.6) is 0 Å². The van der Waals surface area contributed by atoms with Crippen LogP contribution in [0, 0.1) is 11.7 Å². The zero-order chi connectivity index (χ0) is 18.6. The number of rotatable bonds is 4. The van der Waals surface area contributed by atoms with E-state index in [9.17, 15) is 9.18 Å². The third-order valence-electron chi connectivity index (χ3n) is 5.63. The predicted octanol–water partition coefficient (Wildman–Crippen LogP) is 4.26. The summed E-state index contributed by atoms with van der Waals surface area (Å²) in [6.45, 7) is 1.60. The lowest BCUT2D eigenvalue weighted by Gasteiger charge is -2.34. The summed E-state index contributed by atoms with van der Waals surface area (Å²) in [6, 6.07) is 8.06. The SMILES string of the molecule is O=C(C1CCCC1)N1CCCC(c2ccnc(Nc3ccc(F)cc3)n2)C1. The molecule has 0 spiro atoms. The molecule has 1 unspecified atom stereocenters. The van der Waals surface area contributed by atoms with Gasteiger partial charge in [-0.1, -0.05) is 12.8 Å². The van der Waals surface area contributed by atoms with Crippen molar-refractivity contribution in [3.63, 3.8) is 0 Å². The van der Waals surface area contributed by atoms with Gasteiger partial charge < -0.3 is 10.2 Å². The van der Waals surface area contributed by atoms with Crippen molar-refractivity contribution in [3.05, 3.63) is 48.0 Å². The van der Waals surface area contributed by atoms with Gasteiger partial charge in [0, 0.05) is 36.8 Å². The summed E-state index contributed by atoms with van der Waals surface area (Å²) in [6.07, 6.45) is 8.22. The first-order valence-electron chi connectivity index (χ1n) is 9.83. The molecule has 1 aromatic carbocycles. The molecule has 1 aliphatic heterocycles. The Bertz CT molecular complexity index is 789. The summed E-state index contributed by atoms with van der Waals surface area (Å²) in [5.41, 5.74) is 1.70. The first-order valence-corrected chi connectivity index (χ1v) is 9.83. The average Bonchev–Trinajstić information content (AvgIpc) is 3.24. The molecule has 1 aromatic heterocycles. The molecule has 27 heavy (non-hydrogen) atoms. The number of carbonyl (C=O) groups excluding carboxylic acids is 1. The number of nitrogens with zero attached hydrogens (tertiary/aromatic N) is 3. The van der Waals surface area contributed by atoms with Gasteiger partial charge >= 0.3 is 0 Å². The topological polar surface area (TPSA) is 58.1 Å². The van der Waals surface area contributed by atoms with Gasteiger partial charge in [0.1, 0.15) is 5.82 Å². The Labute approximate surface area is 159 Å². The van der Waals surface area contributed by atoms with Crippen molar-refractivity contribution in [1.82, 2.24) is 14.9 Å². The van der Waals surface area contributed by atoms with Crippen LogP contribution in [0.4, 0.5) is 16.0 Å². The van der Waals surface area contributed by atoms with E-state index in [1.54, 1.807) is 18.3 Å². The van der Waals surface area contributed by atoms with Crippen molar-refractivity contribution in [2.45, 2.75) is 44.4 Å². The second-order valence-corrected chi connectivity index (χ2v) is 7.54. The van der Waals surface area contributed by atoms with E-state index >= 15 is 0 Å². The maximum atomic E-state index is 13.1. The summed E-state index contributed by atoms with van der Waals surface area (Å²) in [5.74, 6) is 1.02. The number of nitrogens with one attached hydrogen (secondary N) is 1. The molecule has 5 nitrogen and oxygen atoms in total. The smallest absolute Gasteiger partial charge is 0.227 e. The molecule has 142 valence electrons. The fourth-order valence-electron chi connectivity index (χ4n) is 4.17. The molecule has 0 bridgehead atoms. The molecule has 2 aromatic rings. The van der Waals surface area contributed by atoms with Crippen LogP contribution in [-0.4, -0.2) is 33.9 Å². The number of hydrogen-bond donors (Lipinski definition) is 1. The minimum Gasteiger partial charge on any atom is -0.342 e. The lowest BCUT2D eigenvalue weighted by atomic mass is 9.93. The molecule has 2 fully saturated rings. The van der Waals surface area contributed by atoms with E-state index in [2.05, 4.69) is 15.3 Å². The molecule has 1 N–H and O–H groups in total. The molecule has 2 aliphatic rings. The number of anilines is 2. The van der Waals surface area contributed by atoms with Crippen molar-refractivity contribution in [2.75, 3.05) is 18.4 Å². The number of benzene rings is 1. The molecule has 4 rings (SSSR count). The molecule has 1 atom stereocenters. The lowest BCUT2D eigenvalue weighted by Crippen LogP contribution is -2.42. The van der Waals surface area contributed by atoms with Gasteiger partial charge in [-0.25, -0.2) is 14.4 Å². The Morgan fingerprint density at radius 2 is 1.85 bits per heavy atom. The van der Waals surface area contributed by atoms with E-state index in [-0.39, 0.29) is 17.7 Å². The summed E-state index contributed by atoms with van der Waals surface area (Å²) in [5, 5.41) is 3.12. The number of aromatic nitrogens is 2. The van der Waals surface area contributed by atoms with Crippen LogP contribution < -0.4 is 5.32 Å². The number of piperidine rings is 1. The molecule has 2 heterocycles. The highest BCUT2D eigenvalue weighted by atomic mass is 19.1. The number of halogens is 1. The van der Waals surface area contributed by atoms with E-state index in [1.165, 1.54) is 25.0 Å². The summed E-state index contributed by atoms with van der Waals surface area (Å²) < 4.78 is 13.1. The molecular formula is C21H25FN4O. The number of carbonyl (C=O) groups is 1. The van der Waals surface area contributed by atoms with Crippen LogP contribution in [0.25, 0.3) is 0 Å². The molecule has 1 aliphatic carbocycles. The predicted molar refractivity (Wildman–Crippen MR) is 102 cm³/mol. The molecule has 6 heteroatoms. The van der Waals surface area contributed by atoms with Gasteiger partial charge in [-0.15, -0.1) is 0 Å². The van der Waals surface area contributed by atoms with Crippen LogP contribution in [0.2, 0.25) is 0 Å². The lowest BCUT2D eigenvalue weighted by molar-refractivity contribution is -0.136. The number of hydrogen-bond acceptors (Lipinski definition) is 4. The zero-order valence-corrected chi connectivity index (χ0v) is 15.4. The first-order chi connectivity index (χ1) is 13.2. The second kappa shape index (κ2) is 8.03. The zero-order valence-electron chi connectivity index (χ0n) is 15.4. The Morgan fingerprint density at radius 3 is 2.63 bits per heavy atom. The Morgan fingerprint density at radius 1 is 1.07 bits per heavy atom. The van der Waals surface area contributed by atoms with Crippen LogP contribution >= 0.6 is 0 Å². The third-order valence-corrected chi connectivity index (χ3v) is 5.63. The highest BCUT2D eigenvalue weighted by molar-refractivity contribution is 5.79. The number of likely N-dealkylation sites (tertiary alicyclic amines) is 1. The van der Waals surface area contributed by atoms with Gasteiger partial charge in [-0.05, 0) is 56.0 Å². The first kappa shape index (κ1) is 17.9. The number of amides is 1. The van der Waals surface area contributed by atoms with Gasteiger partial charge in [0.25, 0.3) is 0 Å². The molecule has 1 saturated heterocycles. The van der Waals surface area contributed by atoms with E-state index in [4.69, 9.17) is 0 Å². The molecular weight excluding hydrogens is 343 g/mol. The summed E-state index contributed by atoms with van der Waals surface area (Å²) >= 11 is 0.